The van der Waals surface area contributed by atoms with Crippen molar-refractivity contribution in [2.24, 2.45) is 0 Å². The monoisotopic (exact) mass is 357 g/mol. The van der Waals surface area contributed by atoms with E-state index in [1.807, 2.05) is 0 Å². The maximum absolute atomic E-state index is 12.1. The Morgan fingerprint density at radius 3 is 2.50 bits per heavy atom. The molecule has 1 saturated carbocycles. The molecule has 140 valence electrons. The highest BCUT2D eigenvalue weighted by Gasteiger charge is 2.32. The second kappa shape index (κ2) is 9.90. The number of hydrogen-bond acceptors (Lipinski definition) is 5. The average Bonchev–Trinajstić information content (AvgIpc) is 2.65. The van der Waals surface area contributed by atoms with Crippen molar-refractivity contribution >= 4 is 23.2 Å². The number of ketones is 2. The van der Waals surface area contributed by atoms with E-state index in [1.165, 1.54) is 19.3 Å². The first-order valence-electron chi connectivity index (χ1n) is 9.31. The molecule has 0 spiro atoms. The van der Waals surface area contributed by atoms with Gasteiger partial charge in [-0.3, -0.25) is 9.59 Å². The molecule has 1 aliphatic carbocycles. The first kappa shape index (κ1) is 19.9. The summed E-state index contributed by atoms with van der Waals surface area (Å²) in [5.74, 6) is -0.744. The van der Waals surface area contributed by atoms with Crippen molar-refractivity contribution in [2.45, 2.75) is 57.9 Å². The highest BCUT2D eigenvalue weighted by Crippen LogP contribution is 2.20. The van der Waals surface area contributed by atoms with E-state index in [9.17, 15) is 14.4 Å². The largest absolute Gasteiger partial charge is 0.462 e. The van der Waals surface area contributed by atoms with Gasteiger partial charge in [0.25, 0.3) is 0 Å². The molecule has 1 aromatic rings. The maximum Gasteiger partial charge on any atom is 0.338 e. The number of unbranched alkanes of at least 4 members (excludes halogenated alkanes) is 4. The minimum Gasteiger partial charge on any atom is -0.462 e. The summed E-state index contributed by atoms with van der Waals surface area (Å²) >= 11 is 0. The third-order valence-corrected chi connectivity index (χ3v) is 4.52. The normalized spacial score (nSPS) is 17.3. The smallest absolute Gasteiger partial charge is 0.338 e. The van der Waals surface area contributed by atoms with Gasteiger partial charge in [-0.15, -0.1) is 0 Å². The molecule has 0 aliphatic heterocycles. The predicted molar refractivity (Wildman–Crippen MR) is 101 cm³/mol. The van der Waals surface area contributed by atoms with Crippen LogP contribution < -0.4 is 5.32 Å². The Hall–Kier alpha value is -2.43. The molecule has 1 N–H and O–H groups in total. The molecule has 0 bridgehead atoms. The fourth-order valence-corrected chi connectivity index (χ4v) is 2.86. The lowest BCUT2D eigenvalue weighted by Gasteiger charge is -2.23. The van der Waals surface area contributed by atoms with Crippen LogP contribution >= 0.6 is 0 Å². The minimum atomic E-state index is -0.878. The van der Waals surface area contributed by atoms with Gasteiger partial charge in [-0.25, -0.2) is 4.79 Å². The van der Waals surface area contributed by atoms with Crippen LogP contribution in [0.15, 0.2) is 36.4 Å². The molecular formula is C21H27NO4. The van der Waals surface area contributed by atoms with Gasteiger partial charge in [-0.1, -0.05) is 39.2 Å². The van der Waals surface area contributed by atoms with Gasteiger partial charge in [0.05, 0.1) is 12.2 Å². The summed E-state index contributed by atoms with van der Waals surface area (Å²) < 4.78 is 5.27. The van der Waals surface area contributed by atoms with Crippen molar-refractivity contribution in [3.63, 3.8) is 0 Å². The zero-order valence-corrected chi connectivity index (χ0v) is 15.4. The van der Waals surface area contributed by atoms with Crippen LogP contribution in [0.1, 0.15) is 62.2 Å². The highest BCUT2D eigenvalue weighted by molar-refractivity contribution is 6.17. The topological polar surface area (TPSA) is 72.5 Å². The number of carbonyl (C=O) groups is 3. The molecule has 0 saturated heterocycles. The lowest BCUT2D eigenvalue weighted by Crippen LogP contribution is -2.41. The van der Waals surface area contributed by atoms with E-state index >= 15 is 0 Å². The summed E-state index contributed by atoms with van der Waals surface area (Å²) in [6.07, 6.45) is 6.26. The number of rotatable bonds is 9. The molecule has 1 aromatic carbocycles. The molecule has 1 unspecified atom stereocenters. The summed E-state index contributed by atoms with van der Waals surface area (Å²) in [5.41, 5.74) is 1.54. The Kier molecular flexibility index (Phi) is 7.57. The number of anilines is 1. The Bertz CT molecular complexity index is 663. The van der Waals surface area contributed by atoms with Gasteiger partial charge in [0.2, 0.25) is 0 Å². The molecule has 1 atom stereocenters. The lowest BCUT2D eigenvalue weighted by atomic mass is 9.89. The van der Waals surface area contributed by atoms with E-state index in [1.54, 1.807) is 24.3 Å². The van der Waals surface area contributed by atoms with Gasteiger partial charge < -0.3 is 10.1 Å². The molecule has 1 fully saturated rings. The average molecular weight is 357 g/mol. The van der Waals surface area contributed by atoms with Crippen LogP contribution in [0.3, 0.4) is 0 Å². The van der Waals surface area contributed by atoms with Crippen LogP contribution in [0, 0.1) is 0 Å². The zero-order chi connectivity index (χ0) is 18.9. The van der Waals surface area contributed by atoms with Crippen molar-refractivity contribution in [1.82, 2.24) is 0 Å². The summed E-state index contributed by atoms with van der Waals surface area (Å²) in [6, 6.07) is 5.74. The standard InChI is InChI=1S/C21H27NO4/c1-3-4-5-6-7-14-26-21(25)16-9-11-17(12-10-16)22-19-18(23)13-8-15(2)20(19)24/h9-12,19,22H,2-8,13-14H2,1H3. The van der Waals surface area contributed by atoms with Gasteiger partial charge in [0.15, 0.2) is 11.6 Å². The Balaban J connectivity index is 1.83. The first-order valence-corrected chi connectivity index (χ1v) is 9.31. The number of ether oxygens (including phenoxy) is 1. The van der Waals surface area contributed by atoms with Crippen molar-refractivity contribution in [1.29, 1.82) is 0 Å². The highest BCUT2D eigenvalue weighted by atomic mass is 16.5. The number of benzene rings is 1. The third-order valence-electron chi connectivity index (χ3n) is 4.52. The molecule has 0 amide bonds. The zero-order valence-electron chi connectivity index (χ0n) is 15.4. The van der Waals surface area contributed by atoms with Crippen molar-refractivity contribution in [3.8, 4) is 0 Å². The lowest BCUT2D eigenvalue weighted by molar-refractivity contribution is -0.128. The van der Waals surface area contributed by atoms with E-state index in [0.717, 1.165) is 12.8 Å². The maximum atomic E-state index is 12.1. The predicted octanol–water partition coefficient (Wildman–Crippen LogP) is 4.08. The molecule has 2 rings (SSSR count). The first-order chi connectivity index (χ1) is 12.5. The molecular weight excluding hydrogens is 330 g/mol. The fourth-order valence-electron chi connectivity index (χ4n) is 2.86. The number of carbonyl (C=O) groups excluding carboxylic acids is 3. The van der Waals surface area contributed by atoms with Gasteiger partial charge in [-0.05, 0) is 42.7 Å². The second-order valence-electron chi connectivity index (χ2n) is 6.64. The van der Waals surface area contributed by atoms with Crippen molar-refractivity contribution < 1.29 is 19.1 Å². The summed E-state index contributed by atoms with van der Waals surface area (Å²) in [4.78, 5) is 36.0. The minimum absolute atomic E-state index is 0.131. The Morgan fingerprint density at radius 2 is 1.81 bits per heavy atom. The van der Waals surface area contributed by atoms with Gasteiger partial charge in [-0.2, -0.15) is 0 Å². The van der Waals surface area contributed by atoms with E-state index in [2.05, 4.69) is 18.8 Å². The molecule has 5 nitrogen and oxygen atoms in total. The van der Waals surface area contributed by atoms with Crippen LogP contribution in [0.4, 0.5) is 5.69 Å². The number of Topliss-reactive ketones (excluding diaryl/α,β-unsaturated/α-hetero) is 2. The molecule has 26 heavy (non-hydrogen) atoms. The molecule has 5 heteroatoms. The number of nitrogens with one attached hydrogen (secondary N) is 1. The van der Waals surface area contributed by atoms with Crippen LogP contribution in [-0.2, 0) is 14.3 Å². The summed E-state index contributed by atoms with van der Waals surface area (Å²) in [6.45, 7) is 6.30. The molecule has 1 aliphatic rings. The van der Waals surface area contributed by atoms with Crippen molar-refractivity contribution in [3.05, 3.63) is 42.0 Å². The Morgan fingerprint density at radius 1 is 1.12 bits per heavy atom. The SMILES string of the molecule is C=C1CCC(=O)C(Nc2ccc(C(=O)OCCCCCCC)cc2)C1=O. The van der Waals surface area contributed by atoms with Gasteiger partial charge >= 0.3 is 5.97 Å². The quantitative estimate of drug-likeness (QED) is 0.312. The van der Waals surface area contributed by atoms with E-state index in [4.69, 9.17) is 4.74 Å². The molecule has 0 aromatic heterocycles. The second-order valence-corrected chi connectivity index (χ2v) is 6.64. The number of esters is 1. The number of hydrogen-bond donors (Lipinski definition) is 1. The van der Waals surface area contributed by atoms with E-state index < -0.39 is 6.04 Å². The third kappa shape index (κ3) is 5.55. The van der Waals surface area contributed by atoms with Gasteiger partial charge in [0, 0.05) is 12.1 Å². The van der Waals surface area contributed by atoms with E-state index in [-0.39, 0.29) is 17.5 Å². The fraction of sp³-hybridized carbons (Fsp3) is 0.476. The molecule has 0 radical (unpaired) electrons. The Labute approximate surface area is 154 Å². The van der Waals surface area contributed by atoms with Crippen LogP contribution in [0.5, 0.6) is 0 Å². The van der Waals surface area contributed by atoms with Crippen LogP contribution in [-0.4, -0.2) is 30.2 Å². The van der Waals surface area contributed by atoms with E-state index in [0.29, 0.717) is 36.3 Å². The van der Waals surface area contributed by atoms with Crippen LogP contribution in [0.25, 0.3) is 0 Å². The van der Waals surface area contributed by atoms with Crippen LogP contribution in [0.2, 0.25) is 0 Å². The summed E-state index contributed by atoms with van der Waals surface area (Å²) in [5, 5.41) is 2.94. The molecule has 0 heterocycles. The van der Waals surface area contributed by atoms with Crippen molar-refractivity contribution in [2.75, 3.05) is 11.9 Å². The van der Waals surface area contributed by atoms with Gasteiger partial charge in [0.1, 0.15) is 6.04 Å². The summed E-state index contributed by atoms with van der Waals surface area (Å²) in [7, 11) is 0.